The molecule has 2 rings (SSSR count). The average molecular weight is 293 g/mol. The van der Waals surface area contributed by atoms with Crippen LogP contribution < -0.4 is 10.1 Å². The first-order valence-electron chi connectivity index (χ1n) is 7.85. The Morgan fingerprint density at radius 2 is 2.10 bits per heavy atom. The highest BCUT2D eigenvalue weighted by Crippen LogP contribution is 2.34. The SMILES string of the molecule is CCNC(c1ccccc1OCCOC)C1CCC(C)O1. The lowest BCUT2D eigenvalue weighted by Crippen LogP contribution is -2.32. The Balaban J connectivity index is 2.15. The highest BCUT2D eigenvalue weighted by atomic mass is 16.5. The zero-order chi connectivity index (χ0) is 15.1. The largest absolute Gasteiger partial charge is 0.491 e. The summed E-state index contributed by atoms with van der Waals surface area (Å²) in [5.41, 5.74) is 1.18. The quantitative estimate of drug-likeness (QED) is 0.748. The van der Waals surface area contributed by atoms with Crippen molar-refractivity contribution in [3.8, 4) is 5.75 Å². The van der Waals surface area contributed by atoms with Crippen LogP contribution in [0.5, 0.6) is 5.75 Å². The fraction of sp³-hybridized carbons (Fsp3) is 0.647. The summed E-state index contributed by atoms with van der Waals surface area (Å²) in [6.07, 6.45) is 2.77. The molecule has 1 fully saturated rings. The Kier molecular flexibility index (Phi) is 6.49. The molecule has 3 unspecified atom stereocenters. The van der Waals surface area contributed by atoms with E-state index in [9.17, 15) is 0 Å². The van der Waals surface area contributed by atoms with E-state index in [1.54, 1.807) is 7.11 Å². The molecule has 4 nitrogen and oxygen atoms in total. The Labute approximate surface area is 127 Å². The Hall–Kier alpha value is -1.10. The summed E-state index contributed by atoms with van der Waals surface area (Å²) in [5, 5.41) is 3.56. The first kappa shape index (κ1) is 16.3. The average Bonchev–Trinajstić information content (AvgIpc) is 2.92. The maximum atomic E-state index is 6.07. The lowest BCUT2D eigenvalue weighted by Gasteiger charge is -2.26. The number of methoxy groups -OCH3 is 1. The molecule has 1 N–H and O–H groups in total. The summed E-state index contributed by atoms with van der Waals surface area (Å²) in [5.74, 6) is 0.920. The lowest BCUT2D eigenvalue weighted by molar-refractivity contribution is 0.0311. The molecule has 0 aromatic heterocycles. The summed E-state index contributed by atoms with van der Waals surface area (Å²) in [6, 6.07) is 8.39. The molecule has 1 aromatic rings. The normalized spacial score (nSPS) is 23.2. The number of hydrogen-bond acceptors (Lipinski definition) is 4. The van der Waals surface area contributed by atoms with E-state index in [0.29, 0.717) is 19.3 Å². The summed E-state index contributed by atoms with van der Waals surface area (Å²) >= 11 is 0. The van der Waals surface area contributed by atoms with Gasteiger partial charge in [-0.1, -0.05) is 25.1 Å². The predicted octanol–water partition coefficient (Wildman–Crippen LogP) is 2.93. The van der Waals surface area contributed by atoms with Gasteiger partial charge in [0.15, 0.2) is 0 Å². The monoisotopic (exact) mass is 293 g/mol. The van der Waals surface area contributed by atoms with Crippen LogP contribution in [0.1, 0.15) is 38.3 Å². The Morgan fingerprint density at radius 3 is 2.76 bits per heavy atom. The molecule has 3 atom stereocenters. The van der Waals surface area contributed by atoms with Crippen LogP contribution in [0.25, 0.3) is 0 Å². The van der Waals surface area contributed by atoms with Crippen LogP contribution in [0.2, 0.25) is 0 Å². The molecule has 0 bridgehead atoms. The molecule has 21 heavy (non-hydrogen) atoms. The molecule has 1 saturated heterocycles. The van der Waals surface area contributed by atoms with Gasteiger partial charge in [0.2, 0.25) is 0 Å². The van der Waals surface area contributed by atoms with Crippen LogP contribution in [0.4, 0.5) is 0 Å². The van der Waals surface area contributed by atoms with Crippen molar-refractivity contribution >= 4 is 0 Å². The molecule has 0 aliphatic carbocycles. The van der Waals surface area contributed by atoms with E-state index in [4.69, 9.17) is 14.2 Å². The Morgan fingerprint density at radius 1 is 1.29 bits per heavy atom. The fourth-order valence-electron chi connectivity index (χ4n) is 2.84. The Bertz CT molecular complexity index is 424. The molecule has 1 heterocycles. The minimum Gasteiger partial charge on any atom is -0.491 e. The number of ether oxygens (including phenoxy) is 3. The van der Waals surface area contributed by atoms with Gasteiger partial charge in [0.25, 0.3) is 0 Å². The second-order valence-electron chi connectivity index (χ2n) is 5.48. The van der Waals surface area contributed by atoms with Crippen LogP contribution in [0.15, 0.2) is 24.3 Å². The fourth-order valence-corrected chi connectivity index (χ4v) is 2.84. The minimum absolute atomic E-state index is 0.179. The predicted molar refractivity (Wildman–Crippen MR) is 83.8 cm³/mol. The van der Waals surface area contributed by atoms with Gasteiger partial charge in [0.1, 0.15) is 12.4 Å². The van der Waals surface area contributed by atoms with Crippen molar-refractivity contribution in [1.29, 1.82) is 0 Å². The number of likely N-dealkylation sites (N-methyl/N-ethyl adjacent to an activating group) is 1. The van der Waals surface area contributed by atoms with E-state index < -0.39 is 0 Å². The highest BCUT2D eigenvalue weighted by molar-refractivity contribution is 5.36. The first-order valence-corrected chi connectivity index (χ1v) is 7.85. The lowest BCUT2D eigenvalue weighted by atomic mass is 9.98. The molecule has 0 radical (unpaired) electrons. The van der Waals surface area contributed by atoms with Gasteiger partial charge in [-0.15, -0.1) is 0 Å². The van der Waals surface area contributed by atoms with Gasteiger partial charge in [-0.05, 0) is 32.4 Å². The molecule has 4 heteroatoms. The number of para-hydroxylation sites is 1. The molecule has 0 spiro atoms. The van der Waals surface area contributed by atoms with Crippen LogP contribution in [-0.4, -0.2) is 39.1 Å². The zero-order valence-electron chi connectivity index (χ0n) is 13.3. The molecular formula is C17H27NO3. The summed E-state index contributed by atoms with van der Waals surface area (Å²) in [6.45, 7) is 6.33. The third-order valence-corrected chi connectivity index (χ3v) is 3.86. The van der Waals surface area contributed by atoms with Crippen molar-refractivity contribution < 1.29 is 14.2 Å². The minimum atomic E-state index is 0.179. The van der Waals surface area contributed by atoms with Crippen molar-refractivity contribution in [2.24, 2.45) is 0 Å². The molecule has 1 aliphatic heterocycles. The van der Waals surface area contributed by atoms with Gasteiger partial charge in [-0.25, -0.2) is 0 Å². The van der Waals surface area contributed by atoms with Crippen molar-refractivity contribution in [3.05, 3.63) is 29.8 Å². The van der Waals surface area contributed by atoms with Gasteiger partial charge in [0.05, 0.1) is 24.9 Å². The number of rotatable bonds is 8. The van der Waals surface area contributed by atoms with Crippen molar-refractivity contribution in [3.63, 3.8) is 0 Å². The third-order valence-electron chi connectivity index (χ3n) is 3.86. The number of nitrogens with one attached hydrogen (secondary N) is 1. The van der Waals surface area contributed by atoms with Gasteiger partial charge < -0.3 is 19.5 Å². The van der Waals surface area contributed by atoms with E-state index in [1.165, 1.54) is 5.56 Å². The van der Waals surface area contributed by atoms with E-state index in [-0.39, 0.29) is 12.1 Å². The van der Waals surface area contributed by atoms with E-state index in [1.807, 2.05) is 12.1 Å². The standard InChI is InChI=1S/C17H27NO3/c1-4-18-17(16-10-9-13(2)21-16)14-7-5-6-8-15(14)20-12-11-19-3/h5-8,13,16-18H,4,9-12H2,1-3H3. The summed E-state index contributed by atoms with van der Waals surface area (Å²) in [4.78, 5) is 0. The molecule has 0 amide bonds. The highest BCUT2D eigenvalue weighted by Gasteiger charge is 2.31. The van der Waals surface area contributed by atoms with Crippen LogP contribution in [0.3, 0.4) is 0 Å². The molecule has 1 aliphatic rings. The van der Waals surface area contributed by atoms with Crippen LogP contribution in [0, 0.1) is 0 Å². The van der Waals surface area contributed by atoms with E-state index in [2.05, 4.69) is 31.3 Å². The smallest absolute Gasteiger partial charge is 0.124 e. The van der Waals surface area contributed by atoms with E-state index in [0.717, 1.165) is 25.1 Å². The maximum Gasteiger partial charge on any atom is 0.124 e. The molecule has 0 saturated carbocycles. The van der Waals surface area contributed by atoms with Crippen molar-refractivity contribution in [1.82, 2.24) is 5.32 Å². The van der Waals surface area contributed by atoms with Crippen LogP contribution in [-0.2, 0) is 9.47 Å². The zero-order valence-corrected chi connectivity index (χ0v) is 13.3. The first-order chi connectivity index (χ1) is 10.3. The van der Waals surface area contributed by atoms with Gasteiger partial charge in [0, 0.05) is 12.7 Å². The maximum absolute atomic E-state index is 6.07. The van der Waals surface area contributed by atoms with Gasteiger partial charge >= 0.3 is 0 Å². The molecular weight excluding hydrogens is 266 g/mol. The van der Waals surface area contributed by atoms with Crippen molar-refractivity contribution in [2.45, 2.75) is 44.9 Å². The third kappa shape index (κ3) is 4.43. The summed E-state index contributed by atoms with van der Waals surface area (Å²) in [7, 11) is 1.68. The number of hydrogen-bond donors (Lipinski definition) is 1. The number of benzene rings is 1. The summed E-state index contributed by atoms with van der Waals surface area (Å²) < 4.78 is 17.0. The molecule has 118 valence electrons. The van der Waals surface area contributed by atoms with Crippen LogP contribution >= 0.6 is 0 Å². The van der Waals surface area contributed by atoms with Gasteiger partial charge in [-0.3, -0.25) is 0 Å². The van der Waals surface area contributed by atoms with Gasteiger partial charge in [-0.2, -0.15) is 0 Å². The van der Waals surface area contributed by atoms with E-state index >= 15 is 0 Å². The van der Waals surface area contributed by atoms with Crippen molar-refractivity contribution in [2.75, 3.05) is 26.9 Å². The molecule has 1 aromatic carbocycles. The second-order valence-corrected chi connectivity index (χ2v) is 5.48. The second kappa shape index (κ2) is 8.37. The topological polar surface area (TPSA) is 39.7 Å².